The van der Waals surface area contributed by atoms with Crippen LogP contribution in [0.5, 0.6) is 0 Å². The van der Waals surface area contributed by atoms with Gasteiger partial charge in [0, 0.05) is 6.54 Å². The van der Waals surface area contributed by atoms with Gasteiger partial charge in [-0.05, 0) is 13.0 Å². The molecule has 0 atom stereocenters. The van der Waals surface area contributed by atoms with Gasteiger partial charge in [-0.15, -0.1) is 0 Å². The van der Waals surface area contributed by atoms with Crippen molar-refractivity contribution in [1.82, 2.24) is 5.32 Å². The summed E-state index contributed by atoms with van der Waals surface area (Å²) in [5.41, 5.74) is 0. The number of allylic oxidation sites excluding steroid dienone is 1. The highest BCUT2D eigenvalue weighted by atomic mass is 14.8. The Kier molecular flexibility index (Phi) is 6.45. The molecular formula is C7H15N. The van der Waals surface area contributed by atoms with Gasteiger partial charge >= 0.3 is 0 Å². The molecule has 48 valence electrons. The molecule has 0 aliphatic heterocycles. The molecule has 0 rings (SSSR count). The smallest absolute Gasteiger partial charge is 0.0134 e. The Morgan fingerprint density at radius 2 is 2.00 bits per heavy atom. The van der Waals surface area contributed by atoms with Crippen LogP contribution in [0.4, 0.5) is 0 Å². The van der Waals surface area contributed by atoms with Crippen LogP contribution in [0.1, 0.15) is 20.3 Å². The summed E-state index contributed by atoms with van der Waals surface area (Å²) >= 11 is 0. The molecule has 0 spiro atoms. The zero-order valence-corrected chi connectivity index (χ0v) is 5.78. The minimum atomic E-state index is 1.02. The zero-order valence-electron chi connectivity index (χ0n) is 5.78. The Morgan fingerprint density at radius 3 is 2.50 bits per heavy atom. The number of nitrogens with one attached hydrogen (secondary N) is 1. The number of hydrogen-bond donors (Lipinski definition) is 1. The summed E-state index contributed by atoms with van der Waals surface area (Å²) in [7, 11) is 0. The van der Waals surface area contributed by atoms with Gasteiger partial charge in [0.25, 0.3) is 0 Å². The standard InChI is InChI=1S/C7H15N/c1-3-5-6-7-8-4-2/h5-6,8H,3-4,7H2,1-2H3/b6-5+. The molecule has 1 nitrogen and oxygen atoms in total. The first-order valence-corrected chi connectivity index (χ1v) is 3.27. The van der Waals surface area contributed by atoms with Crippen LogP contribution >= 0.6 is 0 Å². The highest BCUT2D eigenvalue weighted by Crippen LogP contribution is 1.75. The predicted octanol–water partition coefficient (Wildman–Crippen LogP) is 1.56. The Morgan fingerprint density at radius 1 is 1.25 bits per heavy atom. The van der Waals surface area contributed by atoms with Crippen molar-refractivity contribution in [3.8, 4) is 0 Å². The fourth-order valence-corrected chi connectivity index (χ4v) is 0.478. The Bertz CT molecular complexity index is 57.4. The summed E-state index contributed by atoms with van der Waals surface area (Å²) in [6, 6.07) is 0. The topological polar surface area (TPSA) is 12.0 Å². The lowest BCUT2D eigenvalue weighted by atomic mass is 10.4. The molecule has 0 radical (unpaired) electrons. The van der Waals surface area contributed by atoms with Gasteiger partial charge in [0.15, 0.2) is 0 Å². The first-order valence-electron chi connectivity index (χ1n) is 3.27. The molecule has 0 bridgehead atoms. The summed E-state index contributed by atoms with van der Waals surface area (Å²) in [4.78, 5) is 0. The van der Waals surface area contributed by atoms with Crippen molar-refractivity contribution < 1.29 is 0 Å². The quantitative estimate of drug-likeness (QED) is 0.431. The van der Waals surface area contributed by atoms with E-state index < -0.39 is 0 Å². The van der Waals surface area contributed by atoms with Gasteiger partial charge in [-0.1, -0.05) is 26.0 Å². The van der Waals surface area contributed by atoms with E-state index in [1.165, 1.54) is 0 Å². The van der Waals surface area contributed by atoms with Gasteiger partial charge in [0.1, 0.15) is 0 Å². The summed E-state index contributed by atoms with van der Waals surface area (Å²) in [5, 5.41) is 3.20. The molecule has 0 fully saturated rings. The predicted molar refractivity (Wildman–Crippen MR) is 38.0 cm³/mol. The molecule has 0 saturated carbocycles. The lowest BCUT2D eigenvalue weighted by Gasteiger charge is -1.90. The summed E-state index contributed by atoms with van der Waals surface area (Å²) < 4.78 is 0. The van der Waals surface area contributed by atoms with Crippen LogP contribution in [0.2, 0.25) is 0 Å². The number of likely N-dealkylation sites (N-methyl/N-ethyl adjacent to an activating group) is 1. The summed E-state index contributed by atoms with van der Waals surface area (Å²) in [6.45, 7) is 6.33. The second-order valence-electron chi connectivity index (χ2n) is 1.69. The Balaban J connectivity index is 2.80. The molecule has 8 heavy (non-hydrogen) atoms. The van der Waals surface area contributed by atoms with Crippen molar-refractivity contribution >= 4 is 0 Å². The van der Waals surface area contributed by atoms with Gasteiger partial charge < -0.3 is 5.32 Å². The highest BCUT2D eigenvalue weighted by Gasteiger charge is 1.70. The molecule has 0 aromatic heterocycles. The van der Waals surface area contributed by atoms with E-state index in [1.807, 2.05) is 0 Å². The van der Waals surface area contributed by atoms with Gasteiger partial charge in [0.05, 0.1) is 0 Å². The average molecular weight is 113 g/mol. The molecule has 0 aromatic carbocycles. The molecule has 0 amide bonds. The number of hydrogen-bond acceptors (Lipinski definition) is 1. The van der Waals surface area contributed by atoms with Crippen molar-refractivity contribution in [2.24, 2.45) is 0 Å². The van der Waals surface area contributed by atoms with E-state index in [0.717, 1.165) is 19.5 Å². The lowest BCUT2D eigenvalue weighted by molar-refractivity contribution is 0.797. The van der Waals surface area contributed by atoms with Crippen LogP contribution in [0.15, 0.2) is 12.2 Å². The Labute approximate surface area is 51.8 Å². The highest BCUT2D eigenvalue weighted by molar-refractivity contribution is 4.81. The van der Waals surface area contributed by atoms with Crippen LogP contribution in [0, 0.1) is 0 Å². The van der Waals surface area contributed by atoms with E-state index >= 15 is 0 Å². The third kappa shape index (κ3) is 5.70. The van der Waals surface area contributed by atoms with Crippen molar-refractivity contribution in [3.05, 3.63) is 12.2 Å². The van der Waals surface area contributed by atoms with Crippen molar-refractivity contribution in [2.45, 2.75) is 20.3 Å². The minimum Gasteiger partial charge on any atom is -0.314 e. The summed E-state index contributed by atoms with van der Waals surface area (Å²) in [6.07, 6.45) is 5.47. The first-order chi connectivity index (χ1) is 3.91. The van der Waals surface area contributed by atoms with E-state index in [2.05, 4.69) is 31.3 Å². The summed E-state index contributed by atoms with van der Waals surface area (Å²) in [5.74, 6) is 0. The molecule has 0 aromatic rings. The second kappa shape index (κ2) is 6.70. The van der Waals surface area contributed by atoms with Gasteiger partial charge in [-0.2, -0.15) is 0 Å². The minimum absolute atomic E-state index is 1.02. The molecule has 0 aliphatic carbocycles. The lowest BCUT2D eigenvalue weighted by Crippen LogP contribution is -2.11. The maximum absolute atomic E-state index is 3.20. The maximum Gasteiger partial charge on any atom is 0.0134 e. The molecular weight excluding hydrogens is 98.1 g/mol. The molecule has 0 unspecified atom stereocenters. The van der Waals surface area contributed by atoms with E-state index in [0.29, 0.717) is 0 Å². The van der Waals surface area contributed by atoms with Crippen molar-refractivity contribution in [2.75, 3.05) is 13.1 Å². The molecule has 0 heterocycles. The fourth-order valence-electron chi connectivity index (χ4n) is 0.478. The van der Waals surface area contributed by atoms with E-state index in [4.69, 9.17) is 0 Å². The second-order valence-corrected chi connectivity index (χ2v) is 1.69. The average Bonchev–Trinajstić information content (AvgIpc) is 1.81. The molecule has 0 aliphatic rings. The van der Waals surface area contributed by atoms with Crippen LogP contribution in [0.3, 0.4) is 0 Å². The zero-order chi connectivity index (χ0) is 6.24. The normalized spacial score (nSPS) is 10.8. The third-order valence-corrected chi connectivity index (χ3v) is 0.915. The molecule has 1 N–H and O–H groups in total. The molecule has 0 saturated heterocycles. The molecule has 1 heteroatoms. The Hall–Kier alpha value is -0.300. The SMILES string of the molecule is CC/C=C/CNCC. The monoisotopic (exact) mass is 113 g/mol. The number of rotatable bonds is 4. The third-order valence-electron chi connectivity index (χ3n) is 0.915. The van der Waals surface area contributed by atoms with E-state index in [1.54, 1.807) is 0 Å². The van der Waals surface area contributed by atoms with E-state index in [9.17, 15) is 0 Å². The van der Waals surface area contributed by atoms with E-state index in [-0.39, 0.29) is 0 Å². The van der Waals surface area contributed by atoms with Gasteiger partial charge in [-0.25, -0.2) is 0 Å². The largest absolute Gasteiger partial charge is 0.314 e. The maximum atomic E-state index is 3.20. The van der Waals surface area contributed by atoms with Crippen LogP contribution < -0.4 is 5.32 Å². The van der Waals surface area contributed by atoms with Gasteiger partial charge in [0.2, 0.25) is 0 Å². The van der Waals surface area contributed by atoms with Crippen LogP contribution in [-0.4, -0.2) is 13.1 Å². The van der Waals surface area contributed by atoms with Crippen molar-refractivity contribution in [3.63, 3.8) is 0 Å². The van der Waals surface area contributed by atoms with Gasteiger partial charge in [-0.3, -0.25) is 0 Å². The van der Waals surface area contributed by atoms with Crippen LogP contribution in [0.25, 0.3) is 0 Å². The first kappa shape index (κ1) is 7.70. The fraction of sp³-hybridized carbons (Fsp3) is 0.714. The van der Waals surface area contributed by atoms with Crippen LogP contribution in [-0.2, 0) is 0 Å². The van der Waals surface area contributed by atoms with Crippen molar-refractivity contribution in [1.29, 1.82) is 0 Å².